The molecule has 20 heavy (non-hydrogen) atoms. The fourth-order valence-electron chi connectivity index (χ4n) is 2.05. The second-order valence-corrected chi connectivity index (χ2v) is 5.49. The van der Waals surface area contributed by atoms with Gasteiger partial charge in [-0.1, -0.05) is 27.7 Å². The fraction of sp³-hybridized carbons (Fsp3) is 0.867. The lowest BCUT2D eigenvalue weighted by Crippen LogP contribution is -2.40. The van der Waals surface area contributed by atoms with Gasteiger partial charge in [0.15, 0.2) is 0 Å². The molecule has 118 valence electrons. The van der Waals surface area contributed by atoms with E-state index in [2.05, 4.69) is 24.1 Å². The Morgan fingerprint density at radius 2 is 1.65 bits per heavy atom. The van der Waals surface area contributed by atoms with E-state index in [1.54, 1.807) is 13.8 Å². The van der Waals surface area contributed by atoms with Crippen molar-refractivity contribution in [2.45, 2.75) is 53.5 Å². The molecule has 0 rings (SSSR count). The van der Waals surface area contributed by atoms with Crippen molar-refractivity contribution in [3.05, 3.63) is 0 Å². The summed E-state index contributed by atoms with van der Waals surface area (Å²) in [6, 6.07) is 0.0847. The third-order valence-electron chi connectivity index (χ3n) is 3.95. The highest BCUT2D eigenvalue weighted by molar-refractivity contribution is 5.84. The molecule has 3 atom stereocenters. The summed E-state index contributed by atoms with van der Waals surface area (Å²) in [4.78, 5) is 25.1. The van der Waals surface area contributed by atoms with Crippen LogP contribution in [0.15, 0.2) is 0 Å². The van der Waals surface area contributed by atoms with Crippen LogP contribution in [0, 0.1) is 11.8 Å². The quantitative estimate of drug-likeness (QED) is 0.644. The van der Waals surface area contributed by atoms with Gasteiger partial charge in [-0.15, -0.1) is 0 Å². The van der Waals surface area contributed by atoms with Crippen molar-refractivity contribution in [2.24, 2.45) is 11.8 Å². The van der Waals surface area contributed by atoms with E-state index in [4.69, 9.17) is 5.11 Å². The number of carboxylic acid groups (broad SMARTS) is 1. The standard InChI is InChI=1S/C15H30N2O3/c1-6-17(7-2)10-8-9-11(3)16-14(18)12(4)13(5)15(19)20/h11-13H,6-10H2,1-5H3,(H,16,18)(H,19,20). The second-order valence-electron chi connectivity index (χ2n) is 5.49. The average Bonchev–Trinajstić information content (AvgIpc) is 2.41. The smallest absolute Gasteiger partial charge is 0.307 e. The molecular weight excluding hydrogens is 256 g/mol. The first-order valence-corrected chi connectivity index (χ1v) is 7.58. The van der Waals surface area contributed by atoms with Gasteiger partial charge in [0, 0.05) is 12.0 Å². The molecule has 0 aromatic heterocycles. The lowest BCUT2D eigenvalue weighted by molar-refractivity contribution is -0.146. The van der Waals surface area contributed by atoms with Crippen LogP contribution in [0.1, 0.15) is 47.5 Å². The Morgan fingerprint density at radius 3 is 2.10 bits per heavy atom. The van der Waals surface area contributed by atoms with Gasteiger partial charge in [-0.3, -0.25) is 9.59 Å². The molecule has 0 bridgehead atoms. The van der Waals surface area contributed by atoms with E-state index in [1.807, 2.05) is 6.92 Å². The van der Waals surface area contributed by atoms with E-state index in [9.17, 15) is 9.59 Å². The van der Waals surface area contributed by atoms with Crippen molar-refractivity contribution in [3.63, 3.8) is 0 Å². The Balaban J connectivity index is 4.04. The van der Waals surface area contributed by atoms with Gasteiger partial charge in [0.1, 0.15) is 0 Å². The molecule has 5 heteroatoms. The number of aliphatic carboxylic acids is 1. The molecule has 0 fully saturated rings. The summed E-state index contributed by atoms with van der Waals surface area (Å²) in [5.74, 6) is -2.26. The molecule has 0 saturated heterocycles. The molecule has 0 aromatic carbocycles. The molecule has 0 radical (unpaired) electrons. The van der Waals surface area contributed by atoms with E-state index in [0.717, 1.165) is 32.5 Å². The number of carbonyl (C=O) groups is 2. The minimum Gasteiger partial charge on any atom is -0.481 e. The van der Waals surface area contributed by atoms with Gasteiger partial charge in [0.2, 0.25) is 5.91 Å². The third kappa shape index (κ3) is 6.89. The lowest BCUT2D eigenvalue weighted by atomic mass is 9.95. The molecular formula is C15H30N2O3. The van der Waals surface area contributed by atoms with Crippen LogP contribution in [0.2, 0.25) is 0 Å². The number of carboxylic acids is 1. The largest absolute Gasteiger partial charge is 0.481 e. The minimum absolute atomic E-state index is 0.0847. The highest BCUT2D eigenvalue weighted by Gasteiger charge is 2.26. The summed E-state index contributed by atoms with van der Waals surface area (Å²) in [6.07, 6.45) is 1.95. The van der Waals surface area contributed by atoms with Crippen molar-refractivity contribution in [1.82, 2.24) is 10.2 Å². The van der Waals surface area contributed by atoms with Gasteiger partial charge in [0.05, 0.1) is 5.92 Å². The second kappa shape index (κ2) is 9.75. The topological polar surface area (TPSA) is 69.6 Å². The summed E-state index contributed by atoms with van der Waals surface area (Å²) >= 11 is 0. The highest BCUT2D eigenvalue weighted by Crippen LogP contribution is 2.12. The SMILES string of the molecule is CCN(CC)CCCC(C)NC(=O)C(C)C(C)C(=O)O. The van der Waals surface area contributed by atoms with Crippen LogP contribution in [0.25, 0.3) is 0 Å². The van der Waals surface area contributed by atoms with Crippen LogP contribution in [0.5, 0.6) is 0 Å². The molecule has 0 spiro atoms. The van der Waals surface area contributed by atoms with Crippen LogP contribution in [0.4, 0.5) is 0 Å². The van der Waals surface area contributed by atoms with Gasteiger partial charge in [0.25, 0.3) is 0 Å². The molecule has 3 unspecified atom stereocenters. The zero-order valence-corrected chi connectivity index (χ0v) is 13.5. The van der Waals surface area contributed by atoms with Crippen LogP contribution >= 0.6 is 0 Å². The number of nitrogens with one attached hydrogen (secondary N) is 1. The van der Waals surface area contributed by atoms with Gasteiger partial charge in [-0.05, 0) is 39.4 Å². The molecule has 0 saturated carbocycles. The zero-order chi connectivity index (χ0) is 15.7. The van der Waals surface area contributed by atoms with Gasteiger partial charge < -0.3 is 15.3 Å². The first-order chi connectivity index (χ1) is 9.33. The first kappa shape index (κ1) is 18.9. The van der Waals surface area contributed by atoms with E-state index < -0.39 is 17.8 Å². The Bertz CT molecular complexity index is 303. The molecule has 0 heterocycles. The monoisotopic (exact) mass is 286 g/mol. The Morgan fingerprint density at radius 1 is 1.10 bits per heavy atom. The highest BCUT2D eigenvalue weighted by atomic mass is 16.4. The zero-order valence-electron chi connectivity index (χ0n) is 13.5. The molecule has 0 aliphatic heterocycles. The molecule has 0 aromatic rings. The van der Waals surface area contributed by atoms with Gasteiger partial charge in [-0.25, -0.2) is 0 Å². The Labute approximate surface area is 122 Å². The number of carbonyl (C=O) groups excluding carboxylic acids is 1. The number of amides is 1. The maximum absolute atomic E-state index is 11.9. The lowest BCUT2D eigenvalue weighted by Gasteiger charge is -2.22. The minimum atomic E-state index is -0.929. The predicted octanol–water partition coefficient (Wildman–Crippen LogP) is 1.97. The van der Waals surface area contributed by atoms with Gasteiger partial charge in [-0.2, -0.15) is 0 Å². The summed E-state index contributed by atoms with van der Waals surface area (Å²) < 4.78 is 0. The summed E-state index contributed by atoms with van der Waals surface area (Å²) in [5.41, 5.74) is 0. The van der Waals surface area contributed by atoms with E-state index in [-0.39, 0.29) is 11.9 Å². The molecule has 2 N–H and O–H groups in total. The molecule has 0 aliphatic carbocycles. The maximum Gasteiger partial charge on any atom is 0.307 e. The predicted molar refractivity (Wildman–Crippen MR) is 80.6 cm³/mol. The maximum atomic E-state index is 11.9. The van der Waals surface area contributed by atoms with Crippen molar-refractivity contribution < 1.29 is 14.7 Å². The van der Waals surface area contributed by atoms with E-state index in [0.29, 0.717) is 0 Å². The van der Waals surface area contributed by atoms with Crippen molar-refractivity contribution in [2.75, 3.05) is 19.6 Å². The first-order valence-electron chi connectivity index (χ1n) is 7.58. The summed E-state index contributed by atoms with van der Waals surface area (Å²) in [5, 5.41) is 11.8. The van der Waals surface area contributed by atoms with Crippen molar-refractivity contribution >= 4 is 11.9 Å². The number of hydrogen-bond donors (Lipinski definition) is 2. The normalized spacial score (nSPS) is 15.7. The number of rotatable bonds is 10. The number of hydrogen-bond acceptors (Lipinski definition) is 3. The van der Waals surface area contributed by atoms with Crippen molar-refractivity contribution in [3.8, 4) is 0 Å². The molecule has 5 nitrogen and oxygen atoms in total. The van der Waals surface area contributed by atoms with Crippen LogP contribution in [-0.4, -0.2) is 47.6 Å². The average molecular weight is 286 g/mol. The van der Waals surface area contributed by atoms with Gasteiger partial charge >= 0.3 is 5.97 Å². The molecule has 0 aliphatic rings. The summed E-state index contributed by atoms with van der Waals surface area (Å²) in [6.45, 7) is 12.6. The molecule has 1 amide bonds. The van der Waals surface area contributed by atoms with Crippen LogP contribution < -0.4 is 5.32 Å². The Kier molecular flexibility index (Phi) is 9.21. The fourth-order valence-corrected chi connectivity index (χ4v) is 2.05. The summed E-state index contributed by atoms with van der Waals surface area (Å²) in [7, 11) is 0. The number of nitrogens with zero attached hydrogens (tertiary/aromatic N) is 1. The van der Waals surface area contributed by atoms with Crippen molar-refractivity contribution in [1.29, 1.82) is 0 Å². The van der Waals surface area contributed by atoms with E-state index >= 15 is 0 Å². The Hall–Kier alpha value is -1.10. The van der Waals surface area contributed by atoms with Crippen LogP contribution in [-0.2, 0) is 9.59 Å². The van der Waals surface area contributed by atoms with E-state index in [1.165, 1.54) is 0 Å². The third-order valence-corrected chi connectivity index (χ3v) is 3.95. The van der Waals surface area contributed by atoms with Crippen LogP contribution in [0.3, 0.4) is 0 Å².